The van der Waals surface area contributed by atoms with Crippen LogP contribution in [0.3, 0.4) is 0 Å². The molecule has 1 aliphatic carbocycles. The fraction of sp³-hybridized carbons (Fsp3) is 0.333. The van der Waals surface area contributed by atoms with Gasteiger partial charge in [-0.05, 0) is 35.6 Å². The minimum atomic E-state index is -3.63. The Hall–Kier alpha value is -1.41. The summed E-state index contributed by atoms with van der Waals surface area (Å²) in [4.78, 5) is 25.7. The number of nitrogens with one attached hydrogen (secondary N) is 1. The Morgan fingerprint density at radius 1 is 1.19 bits per heavy atom. The Morgan fingerprint density at radius 3 is 2.44 bits per heavy atom. The van der Waals surface area contributed by atoms with Crippen molar-refractivity contribution in [3.05, 3.63) is 44.2 Å². The molecule has 0 radical (unpaired) electrons. The molecule has 0 aliphatic heterocycles. The van der Waals surface area contributed by atoms with Gasteiger partial charge in [-0.1, -0.05) is 37.0 Å². The van der Waals surface area contributed by atoms with Gasteiger partial charge in [0.1, 0.15) is 4.21 Å². The van der Waals surface area contributed by atoms with Gasteiger partial charge in [-0.15, -0.1) is 11.3 Å². The molecule has 5 nitrogen and oxygen atoms in total. The lowest BCUT2D eigenvalue weighted by Crippen LogP contribution is -2.28. The minimum Gasteiger partial charge on any atom is -0.321 e. The largest absolute Gasteiger partial charge is 0.321 e. The second kappa shape index (κ2) is 6.88. The van der Waals surface area contributed by atoms with E-state index < -0.39 is 15.7 Å². The summed E-state index contributed by atoms with van der Waals surface area (Å²) in [7, 11) is -3.63. The van der Waals surface area contributed by atoms with Gasteiger partial charge >= 0.3 is 0 Å². The minimum absolute atomic E-state index is 0.0442. The molecule has 144 valence electrons. The normalized spacial score (nSPS) is 16.1. The molecule has 1 aliphatic rings. The average molecular weight is 446 g/mol. The third-order valence-corrected chi connectivity index (χ3v) is 8.07. The summed E-state index contributed by atoms with van der Waals surface area (Å²) in [6.07, 6.45) is 1.74. The van der Waals surface area contributed by atoms with Crippen LogP contribution >= 0.6 is 34.5 Å². The maximum absolute atomic E-state index is 12.9. The molecule has 2 aromatic rings. The van der Waals surface area contributed by atoms with E-state index in [1.165, 1.54) is 6.07 Å². The molecule has 1 heterocycles. The van der Waals surface area contributed by atoms with Gasteiger partial charge in [0.05, 0.1) is 20.5 Å². The van der Waals surface area contributed by atoms with E-state index >= 15 is 0 Å². The lowest BCUT2D eigenvalue weighted by Gasteiger charge is -2.29. The number of ketones is 1. The fourth-order valence-corrected chi connectivity index (χ4v) is 5.89. The van der Waals surface area contributed by atoms with Crippen molar-refractivity contribution in [2.24, 2.45) is 5.41 Å². The first-order chi connectivity index (χ1) is 12.4. The molecule has 0 unspecified atom stereocenters. The number of thiophene rings is 1. The summed E-state index contributed by atoms with van der Waals surface area (Å²) >= 11 is 12.7. The van der Waals surface area contributed by atoms with E-state index in [1.54, 1.807) is 12.1 Å². The average Bonchev–Trinajstić information content (AvgIpc) is 2.89. The van der Waals surface area contributed by atoms with E-state index in [0.717, 1.165) is 17.6 Å². The van der Waals surface area contributed by atoms with Crippen LogP contribution in [0.1, 0.15) is 45.9 Å². The summed E-state index contributed by atoms with van der Waals surface area (Å²) in [5.74, 6) is -0.721. The van der Waals surface area contributed by atoms with Gasteiger partial charge in [-0.3, -0.25) is 9.59 Å². The molecule has 3 rings (SSSR count). The molecular weight excluding hydrogens is 429 g/mol. The summed E-state index contributed by atoms with van der Waals surface area (Å²) in [6.45, 7) is 3.85. The molecule has 9 heteroatoms. The second-order valence-electron chi connectivity index (χ2n) is 7.37. The quantitative estimate of drug-likeness (QED) is 0.730. The number of Topliss-reactive ketones (excluding diaryl/α,β-unsaturated/α-hetero) is 1. The van der Waals surface area contributed by atoms with E-state index in [4.69, 9.17) is 23.2 Å². The zero-order valence-corrected chi connectivity index (χ0v) is 18.0. The smallest absolute Gasteiger partial charge is 0.266 e. The SMILES string of the molecule is CC1(C)CC(=O)c2c(S(C)(=O)=O)sc(C(=O)Nc3ccc(Cl)c(Cl)c3)c2C1. The second-order valence-corrected chi connectivity index (χ2v) is 11.4. The van der Waals surface area contributed by atoms with Crippen molar-refractivity contribution in [1.29, 1.82) is 0 Å². The highest BCUT2D eigenvalue weighted by atomic mass is 35.5. The van der Waals surface area contributed by atoms with E-state index in [2.05, 4.69) is 5.32 Å². The van der Waals surface area contributed by atoms with Gasteiger partial charge in [0, 0.05) is 18.4 Å². The standard InChI is InChI=1S/C18H17Cl2NO4S2/c1-18(2)7-10-14(13(22)8-18)17(27(3,24)25)26-15(10)16(23)21-9-4-5-11(19)12(20)6-9/h4-6H,7-8H2,1-3H3,(H,21,23). The number of halogens is 2. The number of rotatable bonds is 3. The van der Waals surface area contributed by atoms with Gasteiger partial charge < -0.3 is 5.32 Å². The zero-order chi connectivity index (χ0) is 20.1. The highest BCUT2D eigenvalue weighted by molar-refractivity contribution is 7.92. The summed E-state index contributed by atoms with van der Waals surface area (Å²) in [5.41, 5.74) is 0.748. The van der Waals surface area contributed by atoms with E-state index in [1.807, 2.05) is 13.8 Å². The van der Waals surface area contributed by atoms with Gasteiger partial charge in [-0.2, -0.15) is 0 Å². The maximum Gasteiger partial charge on any atom is 0.266 e. The van der Waals surface area contributed by atoms with Crippen molar-refractivity contribution >= 4 is 61.8 Å². The molecule has 0 atom stereocenters. The van der Waals surface area contributed by atoms with E-state index in [-0.39, 0.29) is 37.3 Å². The van der Waals surface area contributed by atoms with Crippen LogP contribution in [0, 0.1) is 5.41 Å². The maximum atomic E-state index is 12.9. The van der Waals surface area contributed by atoms with Crippen LogP contribution in [0.15, 0.2) is 22.4 Å². The molecule has 0 fully saturated rings. The first-order valence-electron chi connectivity index (χ1n) is 8.04. The van der Waals surface area contributed by atoms with Crippen LogP contribution in [0.5, 0.6) is 0 Å². The highest BCUT2D eigenvalue weighted by Gasteiger charge is 2.39. The third kappa shape index (κ3) is 4.06. The van der Waals surface area contributed by atoms with Gasteiger partial charge in [0.25, 0.3) is 5.91 Å². The number of fused-ring (bicyclic) bond motifs is 1. The Kier molecular flexibility index (Phi) is 5.18. The van der Waals surface area contributed by atoms with Crippen LogP contribution in [-0.4, -0.2) is 26.4 Å². The molecule has 1 N–H and O–H groups in total. The van der Waals surface area contributed by atoms with Crippen LogP contribution < -0.4 is 5.32 Å². The molecule has 0 spiro atoms. The lowest BCUT2D eigenvalue weighted by molar-refractivity contribution is 0.0909. The van der Waals surface area contributed by atoms with Crippen molar-refractivity contribution in [3.63, 3.8) is 0 Å². The number of benzene rings is 1. The number of carbonyl (C=O) groups is 2. The van der Waals surface area contributed by atoms with Crippen molar-refractivity contribution < 1.29 is 18.0 Å². The van der Waals surface area contributed by atoms with Crippen LogP contribution in [-0.2, 0) is 16.3 Å². The number of anilines is 1. The van der Waals surface area contributed by atoms with Crippen molar-refractivity contribution in [2.45, 2.75) is 30.9 Å². The van der Waals surface area contributed by atoms with E-state index in [0.29, 0.717) is 22.7 Å². The predicted molar refractivity (Wildman–Crippen MR) is 108 cm³/mol. The molecule has 27 heavy (non-hydrogen) atoms. The number of sulfone groups is 1. The number of hydrogen-bond donors (Lipinski definition) is 1. The third-order valence-electron chi connectivity index (χ3n) is 4.27. The Balaban J connectivity index is 2.09. The topological polar surface area (TPSA) is 80.3 Å². The monoisotopic (exact) mass is 445 g/mol. The van der Waals surface area contributed by atoms with Crippen LogP contribution in [0.2, 0.25) is 10.0 Å². The lowest BCUT2D eigenvalue weighted by atomic mass is 9.74. The molecule has 0 saturated carbocycles. The highest BCUT2D eigenvalue weighted by Crippen LogP contribution is 2.43. The van der Waals surface area contributed by atoms with Crippen LogP contribution in [0.25, 0.3) is 0 Å². The first-order valence-corrected chi connectivity index (χ1v) is 11.5. The Bertz CT molecular complexity index is 1070. The number of hydrogen-bond acceptors (Lipinski definition) is 5. The van der Waals surface area contributed by atoms with Crippen molar-refractivity contribution in [1.82, 2.24) is 0 Å². The molecular formula is C18H17Cl2NO4S2. The molecule has 1 amide bonds. The molecule has 1 aromatic heterocycles. The number of amides is 1. The molecule has 0 saturated heterocycles. The van der Waals surface area contributed by atoms with Crippen molar-refractivity contribution in [3.8, 4) is 0 Å². The van der Waals surface area contributed by atoms with Crippen molar-refractivity contribution in [2.75, 3.05) is 11.6 Å². The van der Waals surface area contributed by atoms with Gasteiger partial charge in [0.15, 0.2) is 15.6 Å². The summed E-state index contributed by atoms with van der Waals surface area (Å²) < 4.78 is 24.3. The van der Waals surface area contributed by atoms with E-state index in [9.17, 15) is 18.0 Å². The van der Waals surface area contributed by atoms with Gasteiger partial charge in [-0.25, -0.2) is 8.42 Å². The first kappa shape index (κ1) is 20.3. The summed E-state index contributed by atoms with van der Waals surface area (Å²) in [6, 6.07) is 4.66. The predicted octanol–water partition coefficient (Wildman–Crippen LogP) is 4.87. The van der Waals surface area contributed by atoms with Crippen LogP contribution in [0.4, 0.5) is 5.69 Å². The Labute approximate surface area is 171 Å². The number of carbonyl (C=O) groups excluding carboxylic acids is 2. The fourth-order valence-electron chi connectivity index (χ4n) is 3.16. The summed E-state index contributed by atoms with van der Waals surface area (Å²) in [5, 5.41) is 3.35. The molecule has 1 aromatic carbocycles. The Morgan fingerprint density at radius 2 is 1.85 bits per heavy atom. The van der Waals surface area contributed by atoms with Gasteiger partial charge in [0.2, 0.25) is 0 Å². The zero-order valence-electron chi connectivity index (χ0n) is 14.9. The molecule has 0 bridgehead atoms.